The number of aliphatic hydroxyl groups is 1. The first kappa shape index (κ1) is 26.4. The van der Waals surface area contributed by atoms with Crippen LogP contribution in [0.1, 0.15) is 74.4 Å². The summed E-state index contributed by atoms with van der Waals surface area (Å²) in [6.07, 6.45) is 2.28. The molecule has 0 unspecified atom stereocenters. The molecule has 198 valence electrons. The number of hydroxylamine groups is 1. The van der Waals surface area contributed by atoms with Gasteiger partial charge in [0.05, 0.1) is 29.7 Å². The lowest BCUT2D eigenvalue weighted by molar-refractivity contribution is -0.138. The maximum Gasteiger partial charge on any atom is 0.336 e. The Bertz CT molecular complexity index is 1340. The van der Waals surface area contributed by atoms with Crippen molar-refractivity contribution in [2.24, 2.45) is 0 Å². The van der Waals surface area contributed by atoms with E-state index in [0.29, 0.717) is 33.9 Å². The van der Waals surface area contributed by atoms with Gasteiger partial charge in [-0.05, 0) is 48.2 Å². The minimum Gasteiger partial charge on any atom is -0.478 e. The Morgan fingerprint density at radius 3 is 2.55 bits per heavy atom. The lowest BCUT2D eigenvalue weighted by atomic mass is 9.77. The summed E-state index contributed by atoms with van der Waals surface area (Å²) in [6, 6.07) is 14.4. The smallest absolute Gasteiger partial charge is 0.336 e. The number of rotatable bonds is 7. The molecule has 1 aliphatic carbocycles. The number of hydrogen-bond donors (Lipinski definition) is 3. The number of amides is 2. The predicted octanol–water partition coefficient (Wildman–Crippen LogP) is 4.93. The van der Waals surface area contributed by atoms with Crippen molar-refractivity contribution in [3.8, 4) is 0 Å². The second-order valence-electron chi connectivity index (χ2n) is 9.55. The van der Waals surface area contributed by atoms with Crippen LogP contribution >= 0.6 is 22.9 Å². The van der Waals surface area contributed by atoms with Crippen molar-refractivity contribution in [3.05, 3.63) is 92.1 Å². The molecule has 1 aliphatic heterocycles. The number of carboxylic acids is 1. The quantitative estimate of drug-likeness (QED) is 0.357. The third-order valence-corrected chi connectivity index (χ3v) is 8.37. The maximum absolute atomic E-state index is 13.9. The monoisotopic (exact) mass is 554 g/mol. The summed E-state index contributed by atoms with van der Waals surface area (Å²) in [5.74, 6) is -2.53. The molecule has 8 nitrogen and oxygen atoms in total. The summed E-state index contributed by atoms with van der Waals surface area (Å²) in [7, 11) is 0. The van der Waals surface area contributed by atoms with Gasteiger partial charge in [-0.2, -0.15) is 0 Å². The van der Waals surface area contributed by atoms with Crippen LogP contribution in [-0.2, 0) is 16.2 Å². The van der Waals surface area contributed by atoms with Crippen molar-refractivity contribution >= 4 is 40.7 Å². The second kappa shape index (κ2) is 11.2. The molecular formula is C28H27ClN2O6S. The van der Waals surface area contributed by atoms with Gasteiger partial charge in [0, 0.05) is 20.8 Å². The largest absolute Gasteiger partial charge is 0.478 e. The fourth-order valence-electron chi connectivity index (χ4n) is 5.44. The van der Waals surface area contributed by atoms with Crippen molar-refractivity contribution in [1.82, 2.24) is 10.4 Å². The van der Waals surface area contributed by atoms with Gasteiger partial charge in [-0.15, -0.1) is 11.3 Å². The average molecular weight is 555 g/mol. The number of carbonyl (C=O) groups is 3. The van der Waals surface area contributed by atoms with E-state index in [0.717, 1.165) is 18.4 Å². The van der Waals surface area contributed by atoms with Crippen LogP contribution in [0.4, 0.5) is 0 Å². The van der Waals surface area contributed by atoms with Crippen molar-refractivity contribution in [2.75, 3.05) is 0 Å². The van der Waals surface area contributed by atoms with Crippen LogP contribution in [0.15, 0.2) is 60.0 Å². The lowest BCUT2D eigenvalue weighted by Gasteiger charge is -2.48. The number of carboxylic acid groups (broad SMARTS) is 1. The van der Waals surface area contributed by atoms with Gasteiger partial charge in [-0.25, -0.2) is 10.3 Å². The molecule has 38 heavy (non-hydrogen) atoms. The van der Waals surface area contributed by atoms with E-state index in [2.05, 4.69) is 5.48 Å². The first-order valence-electron chi connectivity index (χ1n) is 12.4. The zero-order valence-electron chi connectivity index (χ0n) is 20.4. The third-order valence-electron chi connectivity index (χ3n) is 7.21. The van der Waals surface area contributed by atoms with Crippen molar-refractivity contribution in [3.63, 3.8) is 0 Å². The lowest BCUT2D eigenvalue weighted by Crippen LogP contribution is -2.55. The topological polar surface area (TPSA) is 116 Å². The molecule has 0 saturated heterocycles. The molecule has 10 heteroatoms. The zero-order chi connectivity index (χ0) is 26.8. The zero-order valence-corrected chi connectivity index (χ0v) is 22.0. The van der Waals surface area contributed by atoms with Gasteiger partial charge in [-0.1, -0.05) is 54.8 Å². The first-order valence-corrected chi connectivity index (χ1v) is 13.7. The van der Waals surface area contributed by atoms with Gasteiger partial charge in [0.15, 0.2) is 0 Å². The van der Waals surface area contributed by atoms with Crippen molar-refractivity contribution in [1.29, 1.82) is 0 Å². The van der Waals surface area contributed by atoms with Crippen LogP contribution in [0.25, 0.3) is 0 Å². The molecule has 0 bridgehead atoms. The summed E-state index contributed by atoms with van der Waals surface area (Å²) < 4.78 is 0. The van der Waals surface area contributed by atoms with Crippen LogP contribution in [0.5, 0.6) is 0 Å². The fraction of sp³-hybridized carbons (Fsp3) is 0.321. The Balaban J connectivity index is 1.50. The highest BCUT2D eigenvalue weighted by Crippen LogP contribution is 2.46. The summed E-state index contributed by atoms with van der Waals surface area (Å²) >= 11 is 7.38. The van der Waals surface area contributed by atoms with Crippen molar-refractivity contribution < 1.29 is 29.4 Å². The number of aromatic carboxylic acids is 1. The Labute approximate surface area is 228 Å². The molecule has 2 aliphatic rings. The molecule has 3 N–H and O–H groups in total. The standard InChI is InChI=1S/C28H27ClN2O6S/c29-18-11-9-16(10-12-18)25-24(26(33)30-37-14-19-13-17(15-38-19)28(35)36)20-5-1-2-6-21(20)27(34)31(25)22-7-3-4-8-23(22)32/h1-2,5-6,9-13,15,22-25,32H,3-4,7-8,14H2,(H,30,33)(H,35,36)/t22-,23-,24+,25-/m0/s1. The van der Waals surface area contributed by atoms with E-state index in [1.165, 1.54) is 22.8 Å². The van der Waals surface area contributed by atoms with Gasteiger partial charge in [0.25, 0.3) is 11.8 Å². The molecule has 0 spiro atoms. The Kier molecular flexibility index (Phi) is 7.80. The highest BCUT2D eigenvalue weighted by atomic mass is 35.5. The second-order valence-corrected chi connectivity index (χ2v) is 11.0. The number of benzene rings is 2. The Hall–Kier alpha value is -3.24. The van der Waals surface area contributed by atoms with Gasteiger partial charge in [0.2, 0.25) is 0 Å². The molecule has 5 rings (SSSR count). The van der Waals surface area contributed by atoms with E-state index in [9.17, 15) is 19.5 Å². The normalized spacial score (nSPS) is 23.1. The molecule has 2 amide bonds. The van der Waals surface area contributed by atoms with Gasteiger partial charge in [0.1, 0.15) is 6.61 Å². The van der Waals surface area contributed by atoms with Crippen molar-refractivity contribution in [2.45, 2.75) is 56.4 Å². The van der Waals surface area contributed by atoms with E-state index < -0.39 is 36.0 Å². The van der Waals surface area contributed by atoms with Crippen LogP contribution in [0, 0.1) is 0 Å². The molecule has 1 saturated carbocycles. The van der Waals surface area contributed by atoms with Crippen LogP contribution in [-0.4, -0.2) is 45.0 Å². The number of aliphatic hydroxyl groups excluding tert-OH is 1. The van der Waals surface area contributed by atoms with E-state index in [-0.39, 0.29) is 18.1 Å². The highest BCUT2D eigenvalue weighted by molar-refractivity contribution is 7.10. The molecule has 1 aromatic heterocycles. The van der Waals surface area contributed by atoms with Gasteiger partial charge in [-0.3, -0.25) is 14.4 Å². The van der Waals surface area contributed by atoms with Crippen LogP contribution in [0.2, 0.25) is 5.02 Å². The molecular weight excluding hydrogens is 528 g/mol. The number of nitrogens with zero attached hydrogens (tertiary/aromatic N) is 1. The molecule has 2 aromatic carbocycles. The number of hydrogen-bond acceptors (Lipinski definition) is 6. The Morgan fingerprint density at radius 1 is 1.11 bits per heavy atom. The highest BCUT2D eigenvalue weighted by Gasteiger charge is 2.48. The summed E-state index contributed by atoms with van der Waals surface area (Å²) in [5.41, 5.74) is 4.40. The van der Waals surface area contributed by atoms with Crippen LogP contribution < -0.4 is 5.48 Å². The number of nitrogens with one attached hydrogen (secondary N) is 1. The third kappa shape index (κ3) is 5.19. The molecule has 1 fully saturated rings. The Morgan fingerprint density at radius 2 is 1.84 bits per heavy atom. The van der Waals surface area contributed by atoms with Gasteiger partial charge < -0.3 is 15.1 Å². The number of fused-ring (bicyclic) bond motifs is 1. The SMILES string of the molecule is O=C(O)c1csc(CONC(=O)[C@@H]2c3ccccc3C(=O)N([C@H]3CCCC[C@@H]3O)[C@H]2c2ccc(Cl)cc2)c1. The average Bonchev–Trinajstić information content (AvgIpc) is 3.39. The molecule has 0 radical (unpaired) electrons. The van der Waals surface area contributed by atoms with E-state index >= 15 is 0 Å². The molecule has 3 aromatic rings. The van der Waals surface area contributed by atoms with E-state index in [4.69, 9.17) is 21.5 Å². The number of carbonyl (C=O) groups excluding carboxylic acids is 2. The van der Waals surface area contributed by atoms with E-state index in [1.807, 2.05) is 0 Å². The minimum absolute atomic E-state index is 0.00630. The van der Waals surface area contributed by atoms with Crippen LogP contribution in [0.3, 0.4) is 0 Å². The minimum atomic E-state index is -1.03. The number of halogens is 1. The predicted molar refractivity (Wildman–Crippen MR) is 142 cm³/mol. The summed E-state index contributed by atoms with van der Waals surface area (Å²) in [6.45, 7) is -0.00630. The maximum atomic E-state index is 13.9. The van der Waals surface area contributed by atoms with E-state index in [1.54, 1.807) is 53.4 Å². The fourth-order valence-corrected chi connectivity index (χ4v) is 6.34. The molecule has 4 atom stereocenters. The van der Waals surface area contributed by atoms with Gasteiger partial charge >= 0.3 is 5.97 Å². The summed E-state index contributed by atoms with van der Waals surface area (Å²) in [4.78, 5) is 46.7. The molecule has 2 heterocycles. The first-order chi connectivity index (χ1) is 18.3. The summed E-state index contributed by atoms with van der Waals surface area (Å²) in [5, 5.41) is 22.1. The number of thiophene rings is 1.